The van der Waals surface area contributed by atoms with Gasteiger partial charge in [-0.25, -0.2) is 4.79 Å². The summed E-state index contributed by atoms with van der Waals surface area (Å²) in [5, 5.41) is 18.3. The predicted octanol–water partition coefficient (Wildman–Crippen LogP) is 0.231. The van der Waals surface area contributed by atoms with Crippen LogP contribution in [0.3, 0.4) is 0 Å². The fourth-order valence-corrected chi connectivity index (χ4v) is 2.24. The molecule has 0 aliphatic carbocycles. The number of hydrogen-bond acceptors (Lipinski definition) is 4. The zero-order valence-electron chi connectivity index (χ0n) is 12.3. The number of carbonyl (C=O) groups is 2. The van der Waals surface area contributed by atoms with E-state index in [2.05, 4.69) is 0 Å². The molecule has 0 aromatic carbocycles. The van der Waals surface area contributed by atoms with Crippen molar-refractivity contribution >= 4 is 12.0 Å². The lowest BCUT2D eigenvalue weighted by Gasteiger charge is -2.35. The molecule has 0 aromatic heterocycles. The number of carbonyl (C=O) groups excluding carboxylic acids is 1. The van der Waals surface area contributed by atoms with Gasteiger partial charge in [0.25, 0.3) is 0 Å². The van der Waals surface area contributed by atoms with Crippen LogP contribution in [0.25, 0.3) is 0 Å². The first-order chi connectivity index (χ1) is 9.43. The number of hydrogen-bond donors (Lipinski definition) is 2. The second-order valence-corrected chi connectivity index (χ2v) is 5.17. The van der Waals surface area contributed by atoms with Crippen molar-refractivity contribution in [3.05, 3.63) is 0 Å². The van der Waals surface area contributed by atoms with Crippen molar-refractivity contribution in [1.29, 1.82) is 0 Å². The van der Waals surface area contributed by atoms with Crippen molar-refractivity contribution in [2.45, 2.75) is 32.4 Å². The molecule has 3 unspecified atom stereocenters. The van der Waals surface area contributed by atoms with Crippen LogP contribution in [0.5, 0.6) is 0 Å². The number of likely N-dealkylation sites (N-methyl/N-ethyl adjacent to an activating group) is 1. The number of amides is 2. The third-order valence-corrected chi connectivity index (χ3v) is 3.71. The lowest BCUT2D eigenvalue weighted by molar-refractivity contribution is -0.142. The topological polar surface area (TPSA) is 90.3 Å². The first kappa shape index (κ1) is 16.7. The lowest BCUT2D eigenvalue weighted by atomic mass is 10.0. The number of aliphatic hydroxyl groups is 1. The van der Waals surface area contributed by atoms with E-state index in [4.69, 9.17) is 9.84 Å². The minimum Gasteiger partial charge on any atom is -0.481 e. The summed E-state index contributed by atoms with van der Waals surface area (Å²) >= 11 is 0. The maximum absolute atomic E-state index is 12.5. The first-order valence-corrected chi connectivity index (χ1v) is 6.88. The van der Waals surface area contributed by atoms with E-state index in [0.717, 1.165) is 6.42 Å². The van der Waals surface area contributed by atoms with Crippen LogP contribution >= 0.6 is 0 Å². The molecule has 0 spiro atoms. The summed E-state index contributed by atoms with van der Waals surface area (Å²) in [5.41, 5.74) is 0. The highest BCUT2D eigenvalue weighted by atomic mass is 16.5. The van der Waals surface area contributed by atoms with Crippen LogP contribution in [0.15, 0.2) is 0 Å². The quantitative estimate of drug-likeness (QED) is 0.730. The fourth-order valence-electron chi connectivity index (χ4n) is 2.24. The third-order valence-electron chi connectivity index (χ3n) is 3.71. The summed E-state index contributed by atoms with van der Waals surface area (Å²) in [5.74, 6) is -1.64. The maximum Gasteiger partial charge on any atom is 0.320 e. The van der Waals surface area contributed by atoms with Gasteiger partial charge in [-0.05, 0) is 13.3 Å². The average molecular weight is 288 g/mol. The second kappa shape index (κ2) is 7.44. The molecule has 0 aromatic rings. The van der Waals surface area contributed by atoms with Gasteiger partial charge in [0.1, 0.15) is 5.92 Å². The van der Waals surface area contributed by atoms with Crippen LogP contribution in [0.4, 0.5) is 4.79 Å². The van der Waals surface area contributed by atoms with Gasteiger partial charge in [-0.2, -0.15) is 0 Å². The molecule has 2 amide bonds. The van der Waals surface area contributed by atoms with Gasteiger partial charge in [0.05, 0.1) is 31.9 Å². The molecule has 0 bridgehead atoms. The third kappa shape index (κ3) is 3.61. The van der Waals surface area contributed by atoms with Crippen LogP contribution in [-0.4, -0.2) is 77.5 Å². The van der Waals surface area contributed by atoms with Crippen LogP contribution in [0.1, 0.15) is 20.3 Å². The van der Waals surface area contributed by atoms with Crippen LogP contribution in [-0.2, 0) is 9.53 Å². The van der Waals surface area contributed by atoms with Gasteiger partial charge in [-0.3, -0.25) is 4.79 Å². The second-order valence-electron chi connectivity index (χ2n) is 5.17. The van der Waals surface area contributed by atoms with E-state index in [9.17, 15) is 14.7 Å². The van der Waals surface area contributed by atoms with Gasteiger partial charge < -0.3 is 24.7 Å². The zero-order valence-corrected chi connectivity index (χ0v) is 12.3. The van der Waals surface area contributed by atoms with Gasteiger partial charge in [0.15, 0.2) is 0 Å². The van der Waals surface area contributed by atoms with Gasteiger partial charge >= 0.3 is 12.0 Å². The van der Waals surface area contributed by atoms with Crippen molar-refractivity contribution in [1.82, 2.24) is 9.80 Å². The van der Waals surface area contributed by atoms with Crippen LogP contribution in [0.2, 0.25) is 0 Å². The number of rotatable bonds is 6. The van der Waals surface area contributed by atoms with Gasteiger partial charge in [-0.15, -0.1) is 0 Å². The molecule has 1 aliphatic rings. The van der Waals surface area contributed by atoms with E-state index in [1.165, 1.54) is 4.90 Å². The number of ether oxygens (including phenoxy) is 1. The molecule has 1 heterocycles. The molecule has 1 rings (SSSR count). The number of aliphatic hydroxyl groups excluding tert-OH is 1. The maximum atomic E-state index is 12.5. The summed E-state index contributed by atoms with van der Waals surface area (Å²) < 4.78 is 5.23. The van der Waals surface area contributed by atoms with E-state index in [0.29, 0.717) is 6.54 Å². The Morgan fingerprint density at radius 3 is 2.55 bits per heavy atom. The van der Waals surface area contributed by atoms with Crippen molar-refractivity contribution in [2.75, 3.05) is 33.4 Å². The minimum absolute atomic E-state index is 0.132. The molecule has 7 heteroatoms. The van der Waals surface area contributed by atoms with E-state index in [1.54, 1.807) is 18.9 Å². The molecule has 3 atom stereocenters. The molecule has 2 N–H and O–H groups in total. The van der Waals surface area contributed by atoms with Gasteiger partial charge in [0, 0.05) is 13.6 Å². The van der Waals surface area contributed by atoms with E-state index in [-0.39, 0.29) is 31.9 Å². The Morgan fingerprint density at radius 1 is 1.40 bits per heavy atom. The number of carboxylic acids is 1. The summed E-state index contributed by atoms with van der Waals surface area (Å²) in [6.45, 7) is 4.38. The van der Waals surface area contributed by atoms with Crippen LogP contribution < -0.4 is 0 Å². The Morgan fingerprint density at radius 2 is 2.05 bits per heavy atom. The predicted molar refractivity (Wildman–Crippen MR) is 72.4 cm³/mol. The summed E-state index contributed by atoms with van der Waals surface area (Å²) in [6, 6.07) is -1.03. The summed E-state index contributed by atoms with van der Waals surface area (Å²) in [7, 11) is 1.61. The van der Waals surface area contributed by atoms with E-state index < -0.39 is 17.9 Å². The molecule has 1 saturated heterocycles. The molecule has 7 nitrogen and oxygen atoms in total. The Labute approximate surface area is 119 Å². The summed E-state index contributed by atoms with van der Waals surface area (Å²) in [6.07, 6.45) is 0.732. The number of urea groups is 1. The average Bonchev–Trinajstić information content (AvgIpc) is 2.91. The smallest absolute Gasteiger partial charge is 0.320 e. The molecule has 116 valence electrons. The monoisotopic (exact) mass is 288 g/mol. The van der Waals surface area contributed by atoms with Crippen molar-refractivity contribution in [2.24, 2.45) is 5.92 Å². The fraction of sp³-hybridized carbons (Fsp3) is 0.846. The zero-order chi connectivity index (χ0) is 15.3. The summed E-state index contributed by atoms with van der Waals surface area (Å²) in [4.78, 5) is 26.7. The van der Waals surface area contributed by atoms with Gasteiger partial charge in [-0.1, -0.05) is 6.92 Å². The SMILES string of the molecule is CCCN(C(=O)N(C)C(C)CO)C1COCC1C(=O)O. The Hall–Kier alpha value is -1.34. The highest BCUT2D eigenvalue weighted by Crippen LogP contribution is 2.22. The lowest BCUT2D eigenvalue weighted by Crippen LogP contribution is -2.53. The largest absolute Gasteiger partial charge is 0.481 e. The number of carboxylic acid groups (broad SMARTS) is 1. The standard InChI is InChI=1S/C13H24N2O5/c1-4-5-15(13(19)14(3)9(2)6-16)11-8-20-7-10(11)12(17)18/h9-11,16H,4-8H2,1-3H3,(H,17,18). The highest BCUT2D eigenvalue weighted by Gasteiger charge is 2.40. The number of nitrogens with zero attached hydrogens (tertiary/aromatic N) is 2. The molecular weight excluding hydrogens is 264 g/mol. The number of aliphatic carboxylic acids is 1. The first-order valence-electron chi connectivity index (χ1n) is 6.88. The molecular formula is C13H24N2O5. The molecule has 1 fully saturated rings. The molecule has 0 radical (unpaired) electrons. The molecule has 0 saturated carbocycles. The van der Waals surface area contributed by atoms with E-state index >= 15 is 0 Å². The van der Waals surface area contributed by atoms with Crippen molar-refractivity contribution in [3.8, 4) is 0 Å². The highest BCUT2D eigenvalue weighted by molar-refractivity contribution is 5.77. The Balaban J connectivity index is 2.87. The van der Waals surface area contributed by atoms with Gasteiger partial charge in [0.2, 0.25) is 0 Å². The Bertz CT molecular complexity index is 350. The van der Waals surface area contributed by atoms with E-state index in [1.807, 2.05) is 6.92 Å². The normalized spacial score (nSPS) is 23.4. The van der Waals surface area contributed by atoms with Crippen molar-refractivity contribution < 1.29 is 24.5 Å². The minimum atomic E-state index is -0.945. The van der Waals surface area contributed by atoms with Crippen molar-refractivity contribution in [3.63, 3.8) is 0 Å². The molecule has 20 heavy (non-hydrogen) atoms. The Kier molecular flexibility index (Phi) is 6.22. The molecule has 1 aliphatic heterocycles. The van der Waals surface area contributed by atoms with Crippen LogP contribution in [0, 0.1) is 5.92 Å².